The first kappa shape index (κ1) is 15.9. The molecular formula is C14H32N2. The van der Waals surface area contributed by atoms with Gasteiger partial charge in [0.1, 0.15) is 0 Å². The van der Waals surface area contributed by atoms with Crippen molar-refractivity contribution in [3.8, 4) is 0 Å². The van der Waals surface area contributed by atoms with E-state index in [9.17, 15) is 0 Å². The van der Waals surface area contributed by atoms with Crippen LogP contribution in [-0.4, -0.2) is 37.1 Å². The number of hydrogen-bond acceptors (Lipinski definition) is 2. The molecule has 0 rings (SSSR count). The molecule has 1 unspecified atom stereocenters. The molecule has 0 aliphatic heterocycles. The van der Waals surface area contributed by atoms with Crippen LogP contribution >= 0.6 is 0 Å². The first-order valence-corrected chi connectivity index (χ1v) is 6.97. The van der Waals surface area contributed by atoms with Crippen LogP contribution in [0.4, 0.5) is 0 Å². The number of rotatable bonds is 9. The summed E-state index contributed by atoms with van der Waals surface area (Å²) in [4.78, 5) is 2.62. The summed E-state index contributed by atoms with van der Waals surface area (Å²) in [5.41, 5.74) is 0. The Kier molecular flexibility index (Phi) is 8.96. The Balaban J connectivity index is 4.23. The van der Waals surface area contributed by atoms with Crippen molar-refractivity contribution in [2.24, 2.45) is 11.8 Å². The maximum Gasteiger partial charge on any atom is 0.0243 e. The van der Waals surface area contributed by atoms with E-state index in [1.807, 2.05) is 0 Å². The van der Waals surface area contributed by atoms with Crippen LogP contribution < -0.4 is 5.32 Å². The van der Waals surface area contributed by atoms with Gasteiger partial charge < -0.3 is 5.32 Å². The van der Waals surface area contributed by atoms with E-state index < -0.39 is 0 Å². The van der Waals surface area contributed by atoms with Crippen LogP contribution in [0.2, 0.25) is 0 Å². The smallest absolute Gasteiger partial charge is 0.0243 e. The number of hydrogen-bond donors (Lipinski definition) is 1. The van der Waals surface area contributed by atoms with Crippen LogP contribution in [0.5, 0.6) is 0 Å². The molecular weight excluding hydrogens is 196 g/mol. The lowest BCUT2D eigenvalue weighted by Crippen LogP contribution is -2.47. The molecule has 0 saturated heterocycles. The monoisotopic (exact) mass is 228 g/mol. The topological polar surface area (TPSA) is 15.3 Å². The normalized spacial score (nSPS) is 14.1. The van der Waals surface area contributed by atoms with Gasteiger partial charge in [0.15, 0.2) is 0 Å². The fourth-order valence-corrected chi connectivity index (χ4v) is 2.18. The predicted molar refractivity (Wildman–Crippen MR) is 73.9 cm³/mol. The molecule has 0 aliphatic rings. The second kappa shape index (κ2) is 9.00. The van der Waals surface area contributed by atoms with Gasteiger partial charge >= 0.3 is 0 Å². The largest absolute Gasteiger partial charge is 0.315 e. The highest BCUT2D eigenvalue weighted by molar-refractivity contribution is 4.77. The molecule has 16 heavy (non-hydrogen) atoms. The van der Waals surface area contributed by atoms with E-state index >= 15 is 0 Å². The second-order valence-corrected chi connectivity index (χ2v) is 5.50. The Morgan fingerprint density at radius 3 is 2.06 bits per heavy atom. The van der Waals surface area contributed by atoms with Crippen LogP contribution in [-0.2, 0) is 0 Å². The van der Waals surface area contributed by atoms with E-state index in [2.05, 4.69) is 51.8 Å². The highest BCUT2D eigenvalue weighted by atomic mass is 15.2. The van der Waals surface area contributed by atoms with Gasteiger partial charge in [-0.15, -0.1) is 0 Å². The van der Waals surface area contributed by atoms with Crippen LogP contribution in [0.15, 0.2) is 0 Å². The lowest BCUT2D eigenvalue weighted by Gasteiger charge is -2.35. The predicted octanol–water partition coefficient (Wildman–Crippen LogP) is 2.99. The minimum atomic E-state index is 0.680. The Hall–Kier alpha value is -0.0800. The third-order valence-corrected chi connectivity index (χ3v) is 3.02. The standard InChI is InChI=1S/C14H32N2/c1-7-9-15-10-14(13(5)6)16(8-2)11-12(3)4/h12-15H,7-11H2,1-6H3. The van der Waals surface area contributed by atoms with Crippen molar-refractivity contribution in [2.45, 2.75) is 54.0 Å². The third-order valence-electron chi connectivity index (χ3n) is 3.02. The molecule has 98 valence electrons. The van der Waals surface area contributed by atoms with Crippen LogP contribution in [0, 0.1) is 11.8 Å². The lowest BCUT2D eigenvalue weighted by molar-refractivity contribution is 0.143. The molecule has 2 heteroatoms. The van der Waals surface area contributed by atoms with Gasteiger partial charge in [0.2, 0.25) is 0 Å². The maximum absolute atomic E-state index is 3.56. The zero-order valence-electron chi connectivity index (χ0n) is 12.2. The molecule has 0 aromatic rings. The molecule has 0 aromatic carbocycles. The Bertz CT molecular complexity index is 155. The Labute approximate surface area is 103 Å². The summed E-state index contributed by atoms with van der Waals surface area (Å²) in [5, 5.41) is 3.56. The minimum Gasteiger partial charge on any atom is -0.315 e. The van der Waals surface area contributed by atoms with Gasteiger partial charge in [0, 0.05) is 19.1 Å². The summed E-state index contributed by atoms with van der Waals surface area (Å²) < 4.78 is 0. The molecule has 0 spiro atoms. The lowest BCUT2D eigenvalue weighted by atomic mass is 10.0. The number of nitrogens with one attached hydrogen (secondary N) is 1. The van der Waals surface area contributed by atoms with Crippen molar-refractivity contribution in [2.75, 3.05) is 26.2 Å². The molecule has 0 saturated carbocycles. The first-order valence-electron chi connectivity index (χ1n) is 6.97. The first-order chi connectivity index (χ1) is 7.52. The van der Waals surface area contributed by atoms with Crippen molar-refractivity contribution in [1.29, 1.82) is 0 Å². The number of likely N-dealkylation sites (N-methyl/N-ethyl adjacent to an activating group) is 1. The molecule has 1 atom stereocenters. The number of nitrogens with zero attached hydrogens (tertiary/aromatic N) is 1. The van der Waals surface area contributed by atoms with Crippen molar-refractivity contribution >= 4 is 0 Å². The fourth-order valence-electron chi connectivity index (χ4n) is 2.18. The average molecular weight is 228 g/mol. The molecule has 0 amide bonds. The van der Waals surface area contributed by atoms with Gasteiger partial charge in [0.05, 0.1) is 0 Å². The van der Waals surface area contributed by atoms with E-state index in [1.54, 1.807) is 0 Å². The summed E-state index contributed by atoms with van der Waals surface area (Å²) in [6, 6.07) is 0.680. The van der Waals surface area contributed by atoms with Crippen molar-refractivity contribution in [1.82, 2.24) is 10.2 Å². The van der Waals surface area contributed by atoms with E-state index in [0.29, 0.717) is 6.04 Å². The fraction of sp³-hybridized carbons (Fsp3) is 1.00. The van der Waals surface area contributed by atoms with Crippen LogP contribution in [0.1, 0.15) is 48.0 Å². The summed E-state index contributed by atoms with van der Waals surface area (Å²) in [6.07, 6.45) is 1.22. The SMILES string of the molecule is CCCNCC(C(C)C)N(CC)CC(C)C. The second-order valence-electron chi connectivity index (χ2n) is 5.50. The highest BCUT2D eigenvalue weighted by Gasteiger charge is 2.20. The van der Waals surface area contributed by atoms with Gasteiger partial charge in [-0.1, -0.05) is 41.5 Å². The average Bonchev–Trinajstić information content (AvgIpc) is 2.21. The van der Waals surface area contributed by atoms with Gasteiger partial charge in [-0.25, -0.2) is 0 Å². The third kappa shape index (κ3) is 6.49. The summed E-state index contributed by atoms with van der Waals surface area (Å²) in [6.45, 7) is 18.4. The van der Waals surface area contributed by atoms with Gasteiger partial charge in [0.25, 0.3) is 0 Å². The summed E-state index contributed by atoms with van der Waals surface area (Å²) >= 11 is 0. The summed E-state index contributed by atoms with van der Waals surface area (Å²) in [7, 11) is 0. The van der Waals surface area contributed by atoms with Gasteiger partial charge in [-0.05, 0) is 31.3 Å². The van der Waals surface area contributed by atoms with Crippen molar-refractivity contribution in [3.63, 3.8) is 0 Å². The quantitative estimate of drug-likeness (QED) is 0.610. The molecule has 0 bridgehead atoms. The van der Waals surface area contributed by atoms with E-state index in [1.165, 1.54) is 13.0 Å². The molecule has 1 N–H and O–H groups in total. The van der Waals surface area contributed by atoms with Crippen molar-refractivity contribution < 1.29 is 0 Å². The van der Waals surface area contributed by atoms with Gasteiger partial charge in [-0.2, -0.15) is 0 Å². The van der Waals surface area contributed by atoms with Crippen molar-refractivity contribution in [3.05, 3.63) is 0 Å². The molecule has 2 nitrogen and oxygen atoms in total. The van der Waals surface area contributed by atoms with E-state index in [0.717, 1.165) is 31.5 Å². The van der Waals surface area contributed by atoms with Crippen LogP contribution in [0.25, 0.3) is 0 Å². The molecule has 0 aromatic heterocycles. The molecule has 0 heterocycles. The molecule has 0 fully saturated rings. The minimum absolute atomic E-state index is 0.680. The zero-order chi connectivity index (χ0) is 12.6. The Morgan fingerprint density at radius 1 is 1.06 bits per heavy atom. The van der Waals surface area contributed by atoms with E-state index in [4.69, 9.17) is 0 Å². The maximum atomic E-state index is 3.56. The molecule has 0 aliphatic carbocycles. The van der Waals surface area contributed by atoms with Gasteiger partial charge in [-0.3, -0.25) is 4.90 Å². The Morgan fingerprint density at radius 2 is 1.69 bits per heavy atom. The van der Waals surface area contributed by atoms with Crippen LogP contribution in [0.3, 0.4) is 0 Å². The summed E-state index contributed by atoms with van der Waals surface area (Å²) in [5.74, 6) is 1.48. The highest BCUT2D eigenvalue weighted by Crippen LogP contribution is 2.12. The molecule has 0 radical (unpaired) electrons. The zero-order valence-corrected chi connectivity index (χ0v) is 12.2. The van der Waals surface area contributed by atoms with E-state index in [-0.39, 0.29) is 0 Å².